The number of hydrogen-bond acceptors (Lipinski definition) is 6. The number of nitrogens with two attached hydrogens (primary N) is 1. The number of fused-ring (bicyclic) bond motifs is 1. The van der Waals surface area contributed by atoms with Crippen LogP contribution < -0.4 is 10.5 Å². The monoisotopic (exact) mass is 347 g/mol. The van der Waals surface area contributed by atoms with E-state index in [4.69, 9.17) is 14.9 Å². The molecule has 7 nitrogen and oxygen atoms in total. The highest BCUT2D eigenvalue weighted by molar-refractivity contribution is 5.91. The number of nitrogen functional groups attached to an aromatic ring is 1. The Hall–Kier alpha value is -3.87. The number of benzene rings is 3. The molecule has 0 unspecified atom stereocenters. The Kier molecular flexibility index (Phi) is 3.74. The summed E-state index contributed by atoms with van der Waals surface area (Å²) in [5, 5.41) is 11.3. The van der Waals surface area contributed by atoms with E-state index in [0.29, 0.717) is 17.1 Å². The number of nitro groups is 1. The minimum atomic E-state index is -0.559. The van der Waals surface area contributed by atoms with Crippen molar-refractivity contribution in [1.29, 1.82) is 0 Å². The summed E-state index contributed by atoms with van der Waals surface area (Å²) in [6.45, 7) is 0. The smallest absolute Gasteiger partial charge is 0.321 e. The summed E-state index contributed by atoms with van der Waals surface area (Å²) in [5.74, 6) is 1.41. The van der Waals surface area contributed by atoms with Gasteiger partial charge in [0.05, 0.1) is 10.5 Å². The molecule has 26 heavy (non-hydrogen) atoms. The van der Waals surface area contributed by atoms with E-state index in [0.717, 1.165) is 0 Å². The molecule has 7 heteroatoms. The molecule has 2 N–H and O–H groups in total. The standard InChI is InChI=1S/C19H13N3O4/c20-14-10-11-16-17(18(14)22(23)24)21-19(26-16)13-8-4-5-9-15(13)25-12-6-2-1-3-7-12/h1-11H,20H2. The van der Waals surface area contributed by atoms with Gasteiger partial charge in [-0.1, -0.05) is 30.3 Å². The molecule has 0 atom stereocenters. The average Bonchev–Trinajstić information content (AvgIpc) is 3.06. The summed E-state index contributed by atoms with van der Waals surface area (Å²) in [6.07, 6.45) is 0. The molecule has 0 fully saturated rings. The molecule has 0 aliphatic carbocycles. The van der Waals surface area contributed by atoms with Crippen LogP contribution in [-0.2, 0) is 0 Å². The van der Waals surface area contributed by atoms with Crippen LogP contribution in [0.15, 0.2) is 71.1 Å². The molecule has 0 amide bonds. The second-order valence-corrected chi connectivity index (χ2v) is 5.54. The van der Waals surface area contributed by atoms with Gasteiger partial charge in [-0.2, -0.15) is 0 Å². The Balaban J connectivity index is 1.84. The maximum atomic E-state index is 11.3. The van der Waals surface area contributed by atoms with Gasteiger partial charge in [0.1, 0.15) is 17.2 Å². The van der Waals surface area contributed by atoms with E-state index in [1.54, 1.807) is 18.2 Å². The van der Waals surface area contributed by atoms with Crippen molar-refractivity contribution >= 4 is 22.5 Å². The number of anilines is 1. The molecule has 0 spiro atoms. The number of nitrogens with zero attached hydrogens (tertiary/aromatic N) is 2. The van der Waals surface area contributed by atoms with E-state index < -0.39 is 4.92 Å². The first-order valence-electron chi connectivity index (χ1n) is 7.79. The van der Waals surface area contributed by atoms with Crippen LogP contribution >= 0.6 is 0 Å². The van der Waals surface area contributed by atoms with Crippen molar-refractivity contribution < 1.29 is 14.1 Å². The number of aromatic nitrogens is 1. The van der Waals surface area contributed by atoms with Gasteiger partial charge in [0.25, 0.3) is 0 Å². The van der Waals surface area contributed by atoms with Crippen molar-refractivity contribution in [3.63, 3.8) is 0 Å². The maximum absolute atomic E-state index is 11.3. The van der Waals surface area contributed by atoms with Crippen LogP contribution in [0, 0.1) is 10.1 Å². The minimum Gasteiger partial charge on any atom is -0.457 e. The molecule has 4 aromatic rings. The Morgan fingerprint density at radius 1 is 1.00 bits per heavy atom. The quantitative estimate of drug-likeness (QED) is 0.324. The summed E-state index contributed by atoms with van der Waals surface area (Å²) >= 11 is 0. The maximum Gasteiger partial charge on any atom is 0.321 e. The molecule has 0 radical (unpaired) electrons. The molecule has 4 rings (SSSR count). The molecule has 1 heterocycles. The molecular formula is C19H13N3O4. The summed E-state index contributed by atoms with van der Waals surface area (Å²) in [7, 11) is 0. The van der Waals surface area contributed by atoms with Crippen molar-refractivity contribution in [2.24, 2.45) is 0 Å². The van der Waals surface area contributed by atoms with Gasteiger partial charge in [-0.25, -0.2) is 4.98 Å². The normalized spacial score (nSPS) is 10.8. The first kappa shape index (κ1) is 15.6. The molecule has 3 aromatic carbocycles. The van der Waals surface area contributed by atoms with Crippen LogP contribution in [0.25, 0.3) is 22.6 Å². The third-order valence-corrected chi connectivity index (χ3v) is 3.84. The molecule has 0 aliphatic heterocycles. The zero-order valence-electron chi connectivity index (χ0n) is 13.5. The van der Waals surface area contributed by atoms with Crippen molar-refractivity contribution in [1.82, 2.24) is 4.98 Å². The largest absolute Gasteiger partial charge is 0.457 e. The van der Waals surface area contributed by atoms with Crippen LogP contribution in [-0.4, -0.2) is 9.91 Å². The van der Waals surface area contributed by atoms with Gasteiger partial charge in [0.15, 0.2) is 11.1 Å². The summed E-state index contributed by atoms with van der Waals surface area (Å²) < 4.78 is 11.6. The van der Waals surface area contributed by atoms with Crippen LogP contribution in [0.2, 0.25) is 0 Å². The Morgan fingerprint density at radius 2 is 1.73 bits per heavy atom. The summed E-state index contributed by atoms with van der Waals surface area (Å²) in [5.41, 5.74) is 6.47. The zero-order chi connectivity index (χ0) is 18.1. The Morgan fingerprint density at radius 3 is 2.50 bits per heavy atom. The van der Waals surface area contributed by atoms with Gasteiger partial charge in [0, 0.05) is 0 Å². The number of nitro benzene ring substituents is 1. The minimum absolute atomic E-state index is 0.0381. The van der Waals surface area contributed by atoms with Crippen LogP contribution in [0.5, 0.6) is 11.5 Å². The molecule has 0 aliphatic rings. The first-order valence-corrected chi connectivity index (χ1v) is 7.79. The third-order valence-electron chi connectivity index (χ3n) is 3.84. The number of rotatable bonds is 4. The molecular weight excluding hydrogens is 334 g/mol. The molecule has 1 aromatic heterocycles. The van der Waals surface area contributed by atoms with Gasteiger partial charge in [-0.15, -0.1) is 0 Å². The lowest BCUT2D eigenvalue weighted by Gasteiger charge is -2.08. The fourth-order valence-corrected chi connectivity index (χ4v) is 2.65. The van der Waals surface area contributed by atoms with Gasteiger partial charge in [-0.3, -0.25) is 10.1 Å². The highest BCUT2D eigenvalue weighted by Gasteiger charge is 2.23. The number of hydrogen-bond donors (Lipinski definition) is 1. The van der Waals surface area contributed by atoms with E-state index in [2.05, 4.69) is 4.98 Å². The average molecular weight is 347 g/mol. The van der Waals surface area contributed by atoms with Crippen molar-refractivity contribution in [3.05, 3.63) is 76.8 Å². The lowest BCUT2D eigenvalue weighted by molar-refractivity contribution is -0.382. The molecule has 0 saturated heterocycles. The van der Waals surface area contributed by atoms with Gasteiger partial charge in [-0.05, 0) is 36.4 Å². The highest BCUT2D eigenvalue weighted by atomic mass is 16.6. The predicted molar refractivity (Wildman–Crippen MR) is 97.0 cm³/mol. The van der Waals surface area contributed by atoms with Gasteiger partial charge >= 0.3 is 5.69 Å². The number of para-hydroxylation sites is 2. The predicted octanol–water partition coefficient (Wildman–Crippen LogP) is 4.78. The fraction of sp³-hybridized carbons (Fsp3) is 0. The SMILES string of the molecule is Nc1ccc2oc(-c3ccccc3Oc3ccccc3)nc2c1[N+](=O)[O-]. The highest BCUT2D eigenvalue weighted by Crippen LogP contribution is 2.37. The van der Waals surface area contributed by atoms with Crippen molar-refractivity contribution in [3.8, 4) is 23.0 Å². The van der Waals surface area contributed by atoms with E-state index in [9.17, 15) is 10.1 Å². The van der Waals surface area contributed by atoms with Crippen LogP contribution in [0.1, 0.15) is 0 Å². The summed E-state index contributed by atoms with van der Waals surface area (Å²) in [4.78, 5) is 15.0. The third kappa shape index (κ3) is 2.71. The second kappa shape index (κ2) is 6.21. The zero-order valence-corrected chi connectivity index (χ0v) is 13.5. The van der Waals surface area contributed by atoms with Crippen LogP contribution in [0.4, 0.5) is 11.4 Å². The van der Waals surface area contributed by atoms with E-state index in [1.807, 2.05) is 42.5 Å². The molecule has 128 valence electrons. The summed E-state index contributed by atoms with van der Waals surface area (Å²) in [6, 6.07) is 19.5. The first-order chi connectivity index (χ1) is 12.6. The topological polar surface area (TPSA) is 104 Å². The Labute approximate surface area is 147 Å². The second-order valence-electron chi connectivity index (χ2n) is 5.54. The van der Waals surface area contributed by atoms with Crippen molar-refractivity contribution in [2.45, 2.75) is 0 Å². The van der Waals surface area contributed by atoms with E-state index in [-0.39, 0.29) is 28.4 Å². The van der Waals surface area contributed by atoms with Crippen molar-refractivity contribution in [2.75, 3.05) is 5.73 Å². The number of oxazole rings is 1. The van der Waals surface area contributed by atoms with Crippen LogP contribution in [0.3, 0.4) is 0 Å². The molecule has 0 bridgehead atoms. The lowest BCUT2D eigenvalue weighted by Crippen LogP contribution is -1.96. The fourth-order valence-electron chi connectivity index (χ4n) is 2.65. The Bertz CT molecular complexity index is 1110. The van der Waals surface area contributed by atoms with E-state index >= 15 is 0 Å². The van der Waals surface area contributed by atoms with E-state index in [1.165, 1.54) is 6.07 Å². The number of ether oxygens (including phenoxy) is 1. The van der Waals surface area contributed by atoms with Gasteiger partial charge in [0.2, 0.25) is 5.89 Å². The van der Waals surface area contributed by atoms with Gasteiger partial charge < -0.3 is 14.9 Å². The lowest BCUT2D eigenvalue weighted by atomic mass is 10.2. The molecule has 0 saturated carbocycles.